The van der Waals surface area contributed by atoms with Crippen LogP contribution in [0.3, 0.4) is 0 Å². The summed E-state index contributed by atoms with van der Waals surface area (Å²) in [6.07, 6.45) is 0.647. The van der Waals surface area contributed by atoms with E-state index in [1.807, 2.05) is 0 Å². The fraction of sp³-hybridized carbons (Fsp3) is 0.357. The third kappa shape index (κ3) is 3.64. The van der Waals surface area contributed by atoms with Crippen molar-refractivity contribution in [2.24, 2.45) is 0 Å². The fourth-order valence-corrected chi connectivity index (χ4v) is 1.62. The van der Waals surface area contributed by atoms with Crippen molar-refractivity contribution in [3.63, 3.8) is 0 Å². The van der Waals surface area contributed by atoms with Gasteiger partial charge in [0.2, 0.25) is 0 Å². The van der Waals surface area contributed by atoms with Crippen LogP contribution in [0.25, 0.3) is 0 Å². The number of hydrogen-bond donors (Lipinski definition) is 0. The molecule has 0 aliphatic heterocycles. The number of Topliss-reactive ketones (excluding diaryl/α,β-unsaturated/α-hetero) is 1. The van der Waals surface area contributed by atoms with Crippen molar-refractivity contribution in [3.8, 4) is 0 Å². The average molecular weight is 264 g/mol. The normalized spacial score (nSPS) is 9.84. The van der Waals surface area contributed by atoms with Gasteiger partial charge in [-0.15, -0.1) is 0 Å². The SMILES string of the molecule is CCC(=O)Cc1ccc(C(=O)OC)c(C(=O)OC)c1. The maximum Gasteiger partial charge on any atom is 0.338 e. The van der Waals surface area contributed by atoms with Crippen molar-refractivity contribution in [1.29, 1.82) is 0 Å². The van der Waals surface area contributed by atoms with Gasteiger partial charge in [0.1, 0.15) is 5.78 Å². The van der Waals surface area contributed by atoms with Crippen molar-refractivity contribution >= 4 is 17.7 Å². The van der Waals surface area contributed by atoms with Crippen LogP contribution in [0.1, 0.15) is 39.6 Å². The Morgan fingerprint density at radius 3 is 2.11 bits per heavy atom. The van der Waals surface area contributed by atoms with Crippen LogP contribution in [0.15, 0.2) is 18.2 Å². The highest BCUT2D eigenvalue weighted by Crippen LogP contribution is 2.15. The van der Waals surface area contributed by atoms with Crippen LogP contribution >= 0.6 is 0 Å². The lowest BCUT2D eigenvalue weighted by atomic mass is 10.00. The van der Waals surface area contributed by atoms with E-state index in [1.165, 1.54) is 26.4 Å². The van der Waals surface area contributed by atoms with Crippen LogP contribution in [-0.2, 0) is 20.7 Å². The van der Waals surface area contributed by atoms with Crippen molar-refractivity contribution in [1.82, 2.24) is 0 Å². The molecule has 0 spiro atoms. The second-order valence-corrected chi connectivity index (χ2v) is 3.93. The number of esters is 2. The number of methoxy groups -OCH3 is 2. The Balaban J connectivity index is 3.19. The zero-order chi connectivity index (χ0) is 14.4. The van der Waals surface area contributed by atoms with E-state index in [0.717, 1.165) is 0 Å². The molecule has 0 unspecified atom stereocenters. The summed E-state index contributed by atoms with van der Waals surface area (Å²) in [6.45, 7) is 1.77. The molecule has 0 aromatic heterocycles. The summed E-state index contributed by atoms with van der Waals surface area (Å²) < 4.78 is 9.23. The lowest BCUT2D eigenvalue weighted by Crippen LogP contribution is -2.13. The summed E-state index contributed by atoms with van der Waals surface area (Å²) >= 11 is 0. The van der Waals surface area contributed by atoms with Gasteiger partial charge in [0.15, 0.2) is 0 Å². The number of ether oxygens (including phenoxy) is 2. The molecule has 102 valence electrons. The first-order valence-corrected chi connectivity index (χ1v) is 5.84. The minimum absolute atomic E-state index is 0.0571. The van der Waals surface area contributed by atoms with Gasteiger partial charge in [-0.25, -0.2) is 9.59 Å². The van der Waals surface area contributed by atoms with E-state index in [1.54, 1.807) is 13.0 Å². The van der Waals surface area contributed by atoms with Gasteiger partial charge < -0.3 is 9.47 Å². The minimum atomic E-state index is -0.633. The highest BCUT2D eigenvalue weighted by Gasteiger charge is 2.19. The summed E-state index contributed by atoms with van der Waals surface area (Å²) in [4.78, 5) is 34.6. The molecule has 0 fully saturated rings. The van der Waals surface area contributed by atoms with Gasteiger partial charge in [-0.3, -0.25) is 4.79 Å². The summed E-state index contributed by atoms with van der Waals surface area (Å²) in [6, 6.07) is 4.59. The van der Waals surface area contributed by atoms with Crippen LogP contribution in [0.4, 0.5) is 0 Å². The lowest BCUT2D eigenvalue weighted by Gasteiger charge is -2.08. The predicted molar refractivity (Wildman–Crippen MR) is 68.1 cm³/mol. The Labute approximate surface area is 111 Å². The molecule has 1 rings (SSSR count). The maximum atomic E-state index is 11.6. The molecule has 0 aliphatic carbocycles. The monoisotopic (exact) mass is 264 g/mol. The van der Waals surface area contributed by atoms with Gasteiger partial charge in [-0.05, 0) is 17.7 Å². The highest BCUT2D eigenvalue weighted by atomic mass is 16.5. The standard InChI is InChI=1S/C14H16O5/c1-4-10(15)7-9-5-6-11(13(16)18-2)12(8-9)14(17)19-3/h5-6,8H,4,7H2,1-3H3. The van der Waals surface area contributed by atoms with Crippen molar-refractivity contribution in [3.05, 3.63) is 34.9 Å². The largest absolute Gasteiger partial charge is 0.465 e. The van der Waals surface area contributed by atoms with Gasteiger partial charge in [-0.1, -0.05) is 13.0 Å². The van der Waals surface area contributed by atoms with E-state index in [2.05, 4.69) is 9.47 Å². The van der Waals surface area contributed by atoms with E-state index >= 15 is 0 Å². The van der Waals surface area contributed by atoms with E-state index < -0.39 is 11.9 Å². The van der Waals surface area contributed by atoms with Crippen molar-refractivity contribution < 1.29 is 23.9 Å². The molecule has 0 heterocycles. The molecule has 0 atom stereocenters. The van der Waals surface area contributed by atoms with Gasteiger partial charge in [0.25, 0.3) is 0 Å². The molecule has 19 heavy (non-hydrogen) atoms. The molecular weight excluding hydrogens is 248 g/mol. The summed E-state index contributed by atoms with van der Waals surface area (Å²) in [5.41, 5.74) is 0.901. The lowest BCUT2D eigenvalue weighted by molar-refractivity contribution is -0.118. The Kier molecular flexibility index (Phi) is 5.23. The van der Waals surface area contributed by atoms with E-state index in [9.17, 15) is 14.4 Å². The highest BCUT2D eigenvalue weighted by molar-refractivity contribution is 6.03. The number of rotatable bonds is 5. The second-order valence-electron chi connectivity index (χ2n) is 3.93. The smallest absolute Gasteiger partial charge is 0.338 e. The molecule has 0 bridgehead atoms. The van der Waals surface area contributed by atoms with E-state index in [0.29, 0.717) is 12.0 Å². The molecule has 0 saturated heterocycles. The van der Waals surface area contributed by atoms with E-state index in [-0.39, 0.29) is 23.3 Å². The summed E-state index contributed by atoms with van der Waals surface area (Å²) in [5.74, 6) is -1.19. The van der Waals surface area contributed by atoms with Crippen molar-refractivity contribution in [2.75, 3.05) is 14.2 Å². The topological polar surface area (TPSA) is 69.7 Å². The molecule has 0 N–H and O–H groups in total. The number of ketones is 1. The molecule has 1 aromatic carbocycles. The number of benzene rings is 1. The molecule has 0 amide bonds. The van der Waals surface area contributed by atoms with Gasteiger partial charge in [0, 0.05) is 12.8 Å². The van der Waals surface area contributed by atoms with Gasteiger partial charge >= 0.3 is 11.9 Å². The van der Waals surface area contributed by atoms with Gasteiger partial charge in [-0.2, -0.15) is 0 Å². The first kappa shape index (κ1) is 14.9. The van der Waals surface area contributed by atoms with Crippen LogP contribution in [-0.4, -0.2) is 31.9 Å². The number of hydrogen-bond acceptors (Lipinski definition) is 5. The Morgan fingerprint density at radius 2 is 1.58 bits per heavy atom. The fourth-order valence-electron chi connectivity index (χ4n) is 1.62. The Bertz CT molecular complexity index is 505. The van der Waals surface area contributed by atoms with Gasteiger partial charge in [0.05, 0.1) is 25.3 Å². The zero-order valence-corrected chi connectivity index (χ0v) is 11.2. The quantitative estimate of drug-likeness (QED) is 0.758. The van der Waals surface area contributed by atoms with E-state index in [4.69, 9.17) is 0 Å². The third-order valence-corrected chi connectivity index (χ3v) is 2.69. The number of carbonyl (C=O) groups excluding carboxylic acids is 3. The van der Waals surface area contributed by atoms with Crippen LogP contribution in [0, 0.1) is 0 Å². The minimum Gasteiger partial charge on any atom is -0.465 e. The first-order chi connectivity index (χ1) is 9.03. The third-order valence-electron chi connectivity index (χ3n) is 2.69. The molecule has 0 aliphatic rings. The number of carbonyl (C=O) groups is 3. The Hall–Kier alpha value is -2.17. The predicted octanol–water partition coefficient (Wildman–Crippen LogP) is 1.78. The van der Waals surface area contributed by atoms with Crippen LogP contribution < -0.4 is 0 Å². The molecule has 1 aromatic rings. The maximum absolute atomic E-state index is 11.6. The summed E-state index contributed by atoms with van der Waals surface area (Å²) in [7, 11) is 2.46. The zero-order valence-electron chi connectivity index (χ0n) is 11.2. The van der Waals surface area contributed by atoms with Crippen LogP contribution in [0.2, 0.25) is 0 Å². The first-order valence-electron chi connectivity index (χ1n) is 5.84. The second kappa shape index (κ2) is 6.68. The average Bonchev–Trinajstić information content (AvgIpc) is 2.45. The molecule has 5 heteroatoms. The van der Waals surface area contributed by atoms with Crippen molar-refractivity contribution in [2.45, 2.75) is 19.8 Å². The molecule has 5 nitrogen and oxygen atoms in total. The molecule has 0 saturated carbocycles. The van der Waals surface area contributed by atoms with Crippen LogP contribution in [0.5, 0.6) is 0 Å². The summed E-state index contributed by atoms with van der Waals surface area (Å²) in [5, 5.41) is 0. The molecule has 0 radical (unpaired) electrons. The Morgan fingerprint density at radius 1 is 1.00 bits per heavy atom. The molecular formula is C14H16O5.